The Kier molecular flexibility index (Phi) is 6.27. The van der Waals surface area contributed by atoms with Crippen molar-refractivity contribution >= 4 is 11.8 Å². The highest BCUT2D eigenvalue weighted by Gasteiger charge is 2.24. The maximum absolute atomic E-state index is 13.2. The Morgan fingerprint density at radius 3 is 2.64 bits per heavy atom. The molecule has 0 aliphatic carbocycles. The first-order chi connectivity index (χ1) is 13.5. The van der Waals surface area contributed by atoms with Gasteiger partial charge in [-0.1, -0.05) is 36.4 Å². The molecule has 0 aliphatic rings. The molecule has 0 amide bonds. The summed E-state index contributed by atoms with van der Waals surface area (Å²) in [6.07, 6.45) is 3.36. The van der Waals surface area contributed by atoms with Gasteiger partial charge in [-0.3, -0.25) is 9.59 Å². The Hall–Kier alpha value is -3.34. The fraction of sp³-hybridized carbons (Fsp3) is 0.217. The maximum Gasteiger partial charge on any atom is 0.303 e. The van der Waals surface area contributed by atoms with E-state index < -0.39 is 11.9 Å². The average Bonchev–Trinajstić information content (AvgIpc) is 3.21. The third-order valence-electron chi connectivity index (χ3n) is 4.63. The van der Waals surface area contributed by atoms with E-state index in [0.29, 0.717) is 17.9 Å². The molecular weight excluding hydrogens is 356 g/mol. The van der Waals surface area contributed by atoms with Gasteiger partial charge in [-0.15, -0.1) is 0 Å². The number of ether oxygens (including phenoxy) is 1. The maximum atomic E-state index is 13.2. The Balaban J connectivity index is 1.82. The largest absolute Gasteiger partial charge is 0.489 e. The summed E-state index contributed by atoms with van der Waals surface area (Å²) in [5.74, 6) is -0.955. The van der Waals surface area contributed by atoms with Gasteiger partial charge in [-0.2, -0.15) is 0 Å². The minimum Gasteiger partial charge on any atom is -0.489 e. The van der Waals surface area contributed by atoms with Crippen LogP contribution in [0.15, 0.2) is 71.5 Å². The molecule has 1 aromatic heterocycles. The van der Waals surface area contributed by atoms with Crippen molar-refractivity contribution in [3.8, 4) is 5.75 Å². The van der Waals surface area contributed by atoms with Crippen molar-refractivity contribution in [3.05, 3.63) is 89.4 Å². The molecule has 0 aliphatic heterocycles. The van der Waals surface area contributed by atoms with Gasteiger partial charge in [0.25, 0.3) is 0 Å². The third-order valence-corrected chi connectivity index (χ3v) is 4.63. The fourth-order valence-corrected chi connectivity index (χ4v) is 3.16. The second-order valence-corrected chi connectivity index (χ2v) is 6.65. The van der Waals surface area contributed by atoms with Crippen LogP contribution in [0.5, 0.6) is 5.75 Å². The van der Waals surface area contributed by atoms with E-state index >= 15 is 0 Å². The van der Waals surface area contributed by atoms with Crippen molar-refractivity contribution in [1.82, 2.24) is 0 Å². The minimum atomic E-state index is -0.913. The molecular formula is C23H22O5. The van der Waals surface area contributed by atoms with Gasteiger partial charge < -0.3 is 14.3 Å². The normalized spacial score (nSPS) is 11.8. The van der Waals surface area contributed by atoms with Crippen LogP contribution in [-0.4, -0.2) is 16.9 Å². The summed E-state index contributed by atoms with van der Waals surface area (Å²) in [4.78, 5) is 24.3. The summed E-state index contributed by atoms with van der Waals surface area (Å²) >= 11 is 0. The predicted octanol–water partition coefficient (Wildman–Crippen LogP) is 5.00. The van der Waals surface area contributed by atoms with Gasteiger partial charge >= 0.3 is 5.97 Å². The number of carbonyl (C=O) groups excluding carboxylic acids is 1. The molecule has 3 aromatic rings. The van der Waals surface area contributed by atoms with Crippen LogP contribution in [0.25, 0.3) is 0 Å². The molecule has 28 heavy (non-hydrogen) atoms. The van der Waals surface area contributed by atoms with Gasteiger partial charge in [0.15, 0.2) is 5.78 Å². The predicted molar refractivity (Wildman–Crippen MR) is 105 cm³/mol. The topological polar surface area (TPSA) is 76.7 Å². The van der Waals surface area contributed by atoms with Crippen molar-refractivity contribution in [3.63, 3.8) is 0 Å². The van der Waals surface area contributed by atoms with Crippen LogP contribution in [0.3, 0.4) is 0 Å². The zero-order valence-electron chi connectivity index (χ0n) is 15.6. The number of Topliss-reactive ketones (excluding diaryl/α,β-unsaturated/α-hetero) is 1. The van der Waals surface area contributed by atoms with Crippen molar-refractivity contribution in [2.45, 2.75) is 32.3 Å². The number of rotatable bonds is 9. The standard InChI is InChI=1S/C23H22O5/c1-16-5-2-3-8-20(16)21(9-10-22(24)25)23(26)18-6-4-7-19(13-18)28-15-17-11-12-27-14-17/h2-8,11-14,21H,9-10,15H2,1H3,(H,24,25)/t21-/m0/s1. The molecule has 144 valence electrons. The summed E-state index contributed by atoms with van der Waals surface area (Å²) in [6.45, 7) is 2.27. The summed E-state index contributed by atoms with van der Waals surface area (Å²) in [6, 6.07) is 16.4. The van der Waals surface area contributed by atoms with E-state index in [1.807, 2.05) is 37.3 Å². The highest BCUT2D eigenvalue weighted by atomic mass is 16.5. The highest BCUT2D eigenvalue weighted by molar-refractivity contribution is 6.01. The Bertz CT molecular complexity index is 943. The van der Waals surface area contributed by atoms with Crippen molar-refractivity contribution in [1.29, 1.82) is 0 Å². The number of aliphatic carboxylic acids is 1. The van der Waals surface area contributed by atoms with Crippen LogP contribution in [0.1, 0.15) is 45.8 Å². The van der Waals surface area contributed by atoms with Crippen LogP contribution in [0.2, 0.25) is 0 Å². The zero-order chi connectivity index (χ0) is 19.9. The Labute approximate surface area is 163 Å². The Morgan fingerprint density at radius 2 is 1.93 bits per heavy atom. The van der Waals surface area contributed by atoms with Gasteiger partial charge in [0.05, 0.1) is 12.5 Å². The molecule has 0 bridgehead atoms. The zero-order valence-corrected chi connectivity index (χ0v) is 15.6. The van der Waals surface area contributed by atoms with E-state index in [9.17, 15) is 9.59 Å². The summed E-state index contributed by atoms with van der Waals surface area (Å²) in [7, 11) is 0. The number of carboxylic acids is 1. The number of carbonyl (C=O) groups is 2. The van der Waals surface area contributed by atoms with Crippen LogP contribution in [0.4, 0.5) is 0 Å². The molecule has 5 heteroatoms. The lowest BCUT2D eigenvalue weighted by atomic mass is 9.85. The van der Waals surface area contributed by atoms with Crippen LogP contribution < -0.4 is 4.74 Å². The first-order valence-electron chi connectivity index (χ1n) is 9.10. The lowest BCUT2D eigenvalue weighted by Crippen LogP contribution is -2.16. The van der Waals surface area contributed by atoms with Gasteiger partial charge in [0, 0.05) is 23.5 Å². The van der Waals surface area contributed by atoms with E-state index in [0.717, 1.165) is 16.7 Å². The molecule has 5 nitrogen and oxygen atoms in total. The highest BCUT2D eigenvalue weighted by Crippen LogP contribution is 2.29. The van der Waals surface area contributed by atoms with Gasteiger partial charge in [-0.25, -0.2) is 0 Å². The molecule has 0 spiro atoms. The monoisotopic (exact) mass is 378 g/mol. The van der Waals surface area contributed by atoms with Crippen LogP contribution in [-0.2, 0) is 11.4 Å². The first kappa shape index (κ1) is 19.4. The van der Waals surface area contributed by atoms with Crippen molar-refractivity contribution < 1.29 is 23.8 Å². The lowest BCUT2D eigenvalue weighted by Gasteiger charge is -2.18. The molecule has 1 heterocycles. The number of carboxylic acid groups (broad SMARTS) is 1. The first-order valence-corrected chi connectivity index (χ1v) is 9.10. The quantitative estimate of drug-likeness (QED) is 0.530. The molecule has 1 atom stereocenters. The number of hydrogen-bond donors (Lipinski definition) is 1. The van der Waals surface area contributed by atoms with Crippen molar-refractivity contribution in [2.24, 2.45) is 0 Å². The molecule has 0 unspecified atom stereocenters. The minimum absolute atomic E-state index is 0.0680. The molecule has 0 saturated heterocycles. The van der Waals surface area contributed by atoms with Crippen molar-refractivity contribution in [2.75, 3.05) is 0 Å². The number of benzene rings is 2. The second kappa shape index (κ2) is 9.04. The van der Waals surface area contributed by atoms with E-state index in [1.165, 1.54) is 0 Å². The van der Waals surface area contributed by atoms with E-state index in [-0.39, 0.29) is 18.6 Å². The Morgan fingerprint density at radius 1 is 1.11 bits per heavy atom. The fourth-order valence-electron chi connectivity index (χ4n) is 3.16. The van der Waals surface area contributed by atoms with E-state index in [4.69, 9.17) is 14.3 Å². The molecule has 3 rings (SSSR count). The number of ketones is 1. The van der Waals surface area contributed by atoms with E-state index in [2.05, 4.69) is 0 Å². The van der Waals surface area contributed by atoms with Gasteiger partial charge in [0.1, 0.15) is 12.4 Å². The molecule has 2 aromatic carbocycles. The van der Waals surface area contributed by atoms with Crippen LogP contribution in [0, 0.1) is 6.92 Å². The van der Waals surface area contributed by atoms with Gasteiger partial charge in [0.2, 0.25) is 0 Å². The van der Waals surface area contributed by atoms with E-state index in [1.54, 1.807) is 36.8 Å². The van der Waals surface area contributed by atoms with Crippen LogP contribution >= 0.6 is 0 Å². The summed E-state index contributed by atoms with van der Waals surface area (Å²) < 4.78 is 10.8. The smallest absolute Gasteiger partial charge is 0.303 e. The summed E-state index contributed by atoms with van der Waals surface area (Å²) in [5.41, 5.74) is 3.23. The lowest BCUT2D eigenvalue weighted by molar-refractivity contribution is -0.137. The number of aryl methyl sites for hydroxylation is 1. The molecule has 1 N–H and O–H groups in total. The number of hydrogen-bond acceptors (Lipinski definition) is 4. The third kappa shape index (κ3) is 4.88. The molecule has 0 radical (unpaired) electrons. The van der Waals surface area contributed by atoms with Gasteiger partial charge in [-0.05, 0) is 42.7 Å². The SMILES string of the molecule is Cc1ccccc1[C@H](CCC(=O)O)C(=O)c1cccc(OCc2ccoc2)c1. The molecule has 0 fully saturated rings. The number of furan rings is 1. The second-order valence-electron chi connectivity index (χ2n) is 6.65. The summed E-state index contributed by atoms with van der Waals surface area (Å²) in [5, 5.41) is 9.10. The molecule has 0 saturated carbocycles. The average molecular weight is 378 g/mol.